The van der Waals surface area contributed by atoms with E-state index in [9.17, 15) is 4.79 Å². The highest BCUT2D eigenvalue weighted by Crippen LogP contribution is 2.44. The average Bonchev–Trinajstić information content (AvgIpc) is 3.60. The molecule has 0 saturated carbocycles. The van der Waals surface area contributed by atoms with Crippen molar-refractivity contribution in [3.63, 3.8) is 0 Å². The van der Waals surface area contributed by atoms with Crippen molar-refractivity contribution in [2.75, 3.05) is 14.2 Å². The predicted octanol–water partition coefficient (Wildman–Crippen LogP) is 7.52. The van der Waals surface area contributed by atoms with Gasteiger partial charge in [0.05, 0.1) is 14.2 Å². The van der Waals surface area contributed by atoms with E-state index in [4.69, 9.17) is 9.47 Å². The molecular formula is C33H32O3. The van der Waals surface area contributed by atoms with E-state index in [1.54, 1.807) is 14.2 Å². The van der Waals surface area contributed by atoms with Gasteiger partial charge in [-0.2, -0.15) is 0 Å². The van der Waals surface area contributed by atoms with Gasteiger partial charge in [-0.3, -0.25) is 4.79 Å². The van der Waals surface area contributed by atoms with Crippen molar-refractivity contribution in [2.24, 2.45) is 5.92 Å². The van der Waals surface area contributed by atoms with Crippen molar-refractivity contribution in [3.05, 3.63) is 125 Å². The lowest BCUT2D eigenvalue weighted by molar-refractivity contribution is -0.121. The largest absolute Gasteiger partial charge is 0.497 e. The molecule has 3 nitrogen and oxygen atoms in total. The number of ether oxygens (including phenoxy) is 2. The zero-order valence-electron chi connectivity index (χ0n) is 20.9. The van der Waals surface area contributed by atoms with E-state index in [2.05, 4.69) is 72.8 Å². The van der Waals surface area contributed by atoms with Crippen LogP contribution >= 0.6 is 0 Å². The molecule has 0 fully saturated rings. The summed E-state index contributed by atoms with van der Waals surface area (Å²) in [6, 6.07) is 26.8. The van der Waals surface area contributed by atoms with Crippen LogP contribution in [-0.2, 0) is 4.79 Å². The van der Waals surface area contributed by atoms with Crippen LogP contribution in [0.1, 0.15) is 47.8 Å². The second-order valence-electron chi connectivity index (χ2n) is 9.51. The van der Waals surface area contributed by atoms with Crippen LogP contribution in [0.15, 0.2) is 109 Å². The topological polar surface area (TPSA) is 35.5 Å². The molecule has 0 aliphatic heterocycles. The Bertz CT molecular complexity index is 1280. The van der Waals surface area contributed by atoms with Crippen molar-refractivity contribution in [3.8, 4) is 11.5 Å². The van der Waals surface area contributed by atoms with Crippen LogP contribution in [0.5, 0.6) is 11.5 Å². The van der Waals surface area contributed by atoms with Crippen LogP contribution in [0, 0.1) is 5.92 Å². The highest BCUT2D eigenvalue weighted by molar-refractivity contribution is 5.88. The van der Waals surface area contributed by atoms with Gasteiger partial charge in [-0.05, 0) is 59.4 Å². The van der Waals surface area contributed by atoms with Gasteiger partial charge < -0.3 is 9.47 Å². The standard InChI is InChI=1S/C33H32O3/c1-35-28-16-11-25(12-17-28)30-10-6-9-24(30)15-20-33(34)32-22-27(23-7-4-3-5-8-23)21-31(32)26-13-18-29(36-2)19-14-26/h3-14,16-19,22,30-32H,15,20-21H2,1-2H3. The molecule has 36 heavy (non-hydrogen) atoms. The molecule has 3 heteroatoms. The average molecular weight is 477 g/mol. The molecule has 3 unspecified atom stereocenters. The fourth-order valence-corrected chi connectivity index (χ4v) is 5.45. The first-order chi connectivity index (χ1) is 17.7. The maximum Gasteiger partial charge on any atom is 0.140 e. The summed E-state index contributed by atoms with van der Waals surface area (Å²) in [7, 11) is 3.36. The fraction of sp³-hybridized carbons (Fsp3) is 0.242. The van der Waals surface area contributed by atoms with Crippen LogP contribution in [0.3, 0.4) is 0 Å². The molecule has 3 aromatic carbocycles. The Morgan fingerprint density at radius 2 is 1.47 bits per heavy atom. The molecule has 0 radical (unpaired) electrons. The summed E-state index contributed by atoms with van der Waals surface area (Å²) >= 11 is 0. The van der Waals surface area contributed by atoms with E-state index in [1.807, 2.05) is 30.3 Å². The summed E-state index contributed by atoms with van der Waals surface area (Å²) in [6.45, 7) is 0. The number of hydrogen-bond acceptors (Lipinski definition) is 3. The Balaban J connectivity index is 1.33. The predicted molar refractivity (Wildman–Crippen MR) is 145 cm³/mol. The van der Waals surface area contributed by atoms with Crippen molar-refractivity contribution in [1.82, 2.24) is 0 Å². The third-order valence-electron chi connectivity index (χ3n) is 7.46. The molecule has 5 rings (SSSR count). The molecule has 0 N–H and O–H groups in total. The SMILES string of the molecule is COc1ccc(C2C=CC=C2CCC(=O)C2C=C(c3ccccc3)CC2c2ccc(OC)cc2)cc1. The molecule has 3 aromatic rings. The maximum atomic E-state index is 13.7. The number of methoxy groups -OCH3 is 2. The van der Waals surface area contributed by atoms with Gasteiger partial charge >= 0.3 is 0 Å². The molecule has 182 valence electrons. The molecule has 0 heterocycles. The van der Waals surface area contributed by atoms with Crippen molar-refractivity contribution >= 4 is 11.4 Å². The van der Waals surface area contributed by atoms with Gasteiger partial charge in [0.15, 0.2) is 0 Å². The number of hydrogen-bond donors (Lipinski definition) is 0. The van der Waals surface area contributed by atoms with Crippen LogP contribution in [-0.4, -0.2) is 20.0 Å². The monoisotopic (exact) mass is 476 g/mol. The Labute approximate surface area is 213 Å². The molecule has 0 aromatic heterocycles. The van der Waals surface area contributed by atoms with Gasteiger partial charge in [-0.15, -0.1) is 0 Å². The summed E-state index contributed by atoms with van der Waals surface area (Å²) < 4.78 is 10.7. The Kier molecular flexibility index (Phi) is 7.18. The van der Waals surface area contributed by atoms with E-state index in [0.717, 1.165) is 24.3 Å². The lowest BCUT2D eigenvalue weighted by Gasteiger charge is -2.20. The molecular weight excluding hydrogens is 444 g/mol. The first-order valence-electron chi connectivity index (χ1n) is 12.6. The summed E-state index contributed by atoms with van der Waals surface area (Å²) in [6.07, 6.45) is 10.9. The minimum absolute atomic E-state index is 0.122. The van der Waals surface area contributed by atoms with Gasteiger partial charge in [-0.25, -0.2) is 0 Å². The zero-order valence-corrected chi connectivity index (χ0v) is 20.9. The molecule has 0 saturated heterocycles. The number of carbonyl (C=O) groups excluding carboxylic acids is 1. The zero-order chi connectivity index (χ0) is 24.9. The van der Waals surface area contributed by atoms with Gasteiger partial charge in [0.2, 0.25) is 0 Å². The van der Waals surface area contributed by atoms with Crippen LogP contribution < -0.4 is 9.47 Å². The number of carbonyl (C=O) groups is 1. The van der Waals surface area contributed by atoms with Gasteiger partial charge in [0.25, 0.3) is 0 Å². The molecule has 3 atom stereocenters. The first kappa shape index (κ1) is 23.9. The lowest BCUT2D eigenvalue weighted by Crippen LogP contribution is -2.18. The molecule has 0 amide bonds. The van der Waals surface area contributed by atoms with Crippen LogP contribution in [0.4, 0.5) is 0 Å². The smallest absolute Gasteiger partial charge is 0.140 e. The van der Waals surface area contributed by atoms with Crippen molar-refractivity contribution in [1.29, 1.82) is 0 Å². The quantitative estimate of drug-likeness (QED) is 0.320. The van der Waals surface area contributed by atoms with E-state index < -0.39 is 0 Å². The molecule has 0 spiro atoms. The normalized spacial score (nSPS) is 20.7. The molecule has 2 aliphatic rings. The number of ketones is 1. The van der Waals surface area contributed by atoms with E-state index in [1.165, 1.54) is 27.8 Å². The summed E-state index contributed by atoms with van der Waals surface area (Å²) in [4.78, 5) is 13.7. The van der Waals surface area contributed by atoms with Gasteiger partial charge in [0.1, 0.15) is 17.3 Å². The van der Waals surface area contributed by atoms with Crippen LogP contribution in [0.25, 0.3) is 5.57 Å². The third-order valence-corrected chi connectivity index (χ3v) is 7.46. The van der Waals surface area contributed by atoms with E-state index in [0.29, 0.717) is 12.2 Å². The Morgan fingerprint density at radius 1 is 0.833 bits per heavy atom. The van der Waals surface area contributed by atoms with Gasteiger partial charge in [0, 0.05) is 24.2 Å². The minimum Gasteiger partial charge on any atom is -0.497 e. The van der Waals surface area contributed by atoms with Crippen molar-refractivity contribution in [2.45, 2.75) is 31.1 Å². The van der Waals surface area contributed by atoms with Crippen LogP contribution in [0.2, 0.25) is 0 Å². The summed E-state index contributed by atoms with van der Waals surface area (Å²) in [5.74, 6) is 2.24. The minimum atomic E-state index is -0.122. The second-order valence-corrected chi connectivity index (χ2v) is 9.51. The lowest BCUT2D eigenvalue weighted by atomic mass is 9.82. The first-order valence-corrected chi connectivity index (χ1v) is 12.6. The van der Waals surface area contributed by atoms with E-state index >= 15 is 0 Å². The Morgan fingerprint density at radius 3 is 2.11 bits per heavy atom. The molecule has 2 aliphatic carbocycles. The number of Topliss-reactive ketones (excluding diaryl/α,β-unsaturated/α-hetero) is 1. The van der Waals surface area contributed by atoms with Crippen molar-refractivity contribution < 1.29 is 14.3 Å². The van der Waals surface area contributed by atoms with E-state index in [-0.39, 0.29) is 17.8 Å². The Hall–Kier alpha value is -3.85. The number of rotatable bonds is 9. The third kappa shape index (κ3) is 5.06. The fourth-order valence-electron chi connectivity index (χ4n) is 5.45. The highest BCUT2D eigenvalue weighted by Gasteiger charge is 2.34. The summed E-state index contributed by atoms with van der Waals surface area (Å²) in [5.41, 5.74) is 6.17. The highest BCUT2D eigenvalue weighted by atomic mass is 16.5. The second kappa shape index (κ2) is 10.8. The summed E-state index contributed by atoms with van der Waals surface area (Å²) in [5, 5.41) is 0. The van der Waals surface area contributed by atoms with Gasteiger partial charge in [-0.1, -0.05) is 84.5 Å². The maximum absolute atomic E-state index is 13.7. The number of allylic oxidation sites excluding steroid dienone is 6. The molecule has 0 bridgehead atoms. The number of benzene rings is 3.